The Morgan fingerprint density at radius 3 is 2.87 bits per heavy atom. The van der Waals surface area contributed by atoms with Gasteiger partial charge >= 0.3 is 0 Å². The third-order valence-electron chi connectivity index (χ3n) is 3.89. The van der Waals surface area contributed by atoms with E-state index in [0.717, 1.165) is 23.7 Å². The molecule has 0 saturated heterocycles. The van der Waals surface area contributed by atoms with Crippen LogP contribution in [0.3, 0.4) is 0 Å². The summed E-state index contributed by atoms with van der Waals surface area (Å²) in [5.41, 5.74) is 2.93. The standard InChI is InChI=1S/C18H24N2O2S/c1-3-5-9-20(4-2)12-14-7-6-8-15(10-14)18-19-16(13-23-18)11-17(21)22/h6-8,10,13H,3-5,9,11-12H2,1-2H3,(H,21,22). The lowest BCUT2D eigenvalue weighted by molar-refractivity contribution is -0.912. The highest BCUT2D eigenvalue weighted by Gasteiger charge is 2.09. The Labute approximate surface area is 141 Å². The molecule has 4 nitrogen and oxygen atoms in total. The molecule has 1 aromatic carbocycles. The number of rotatable bonds is 9. The maximum atomic E-state index is 10.7. The van der Waals surface area contributed by atoms with Crippen LogP contribution in [0.15, 0.2) is 29.6 Å². The Bertz CT molecular complexity index is 639. The number of carbonyl (C=O) groups is 1. The molecule has 124 valence electrons. The molecule has 0 saturated carbocycles. The maximum Gasteiger partial charge on any atom is 0.123 e. The lowest BCUT2D eigenvalue weighted by Crippen LogP contribution is -3.10. The van der Waals surface area contributed by atoms with Crippen molar-refractivity contribution in [3.63, 3.8) is 0 Å². The predicted octanol–water partition coefficient (Wildman–Crippen LogP) is 1.31. The van der Waals surface area contributed by atoms with E-state index < -0.39 is 5.97 Å². The Morgan fingerprint density at radius 1 is 1.35 bits per heavy atom. The number of quaternary nitrogens is 1. The Morgan fingerprint density at radius 2 is 2.17 bits per heavy atom. The summed E-state index contributed by atoms with van der Waals surface area (Å²) in [6, 6.07) is 8.41. The second-order valence-corrected chi connectivity index (χ2v) is 6.64. The zero-order valence-electron chi connectivity index (χ0n) is 13.8. The summed E-state index contributed by atoms with van der Waals surface area (Å²) in [6.07, 6.45) is 2.35. The number of nitrogens with one attached hydrogen (secondary N) is 1. The molecule has 1 N–H and O–H groups in total. The fourth-order valence-corrected chi connectivity index (χ4v) is 3.41. The molecule has 0 spiro atoms. The maximum absolute atomic E-state index is 10.7. The van der Waals surface area contributed by atoms with Gasteiger partial charge in [0.1, 0.15) is 11.6 Å². The summed E-state index contributed by atoms with van der Waals surface area (Å²) >= 11 is 1.48. The van der Waals surface area contributed by atoms with E-state index >= 15 is 0 Å². The molecule has 0 fully saturated rings. The van der Waals surface area contributed by atoms with E-state index in [1.165, 1.54) is 36.3 Å². The van der Waals surface area contributed by atoms with Crippen LogP contribution in [0.4, 0.5) is 0 Å². The molecular formula is C18H24N2O2S. The fourth-order valence-electron chi connectivity index (χ4n) is 2.59. The zero-order chi connectivity index (χ0) is 16.7. The molecule has 0 amide bonds. The van der Waals surface area contributed by atoms with Crippen LogP contribution in [0.25, 0.3) is 10.6 Å². The van der Waals surface area contributed by atoms with Gasteiger partial charge in [-0.25, -0.2) is 4.98 Å². The highest BCUT2D eigenvalue weighted by atomic mass is 32.1. The molecule has 0 aliphatic carbocycles. The quantitative estimate of drug-likeness (QED) is 0.753. The first-order chi connectivity index (χ1) is 11.1. The summed E-state index contributed by atoms with van der Waals surface area (Å²) in [7, 11) is 0. The summed E-state index contributed by atoms with van der Waals surface area (Å²) in [5, 5.41) is 13.3. The van der Waals surface area contributed by atoms with Crippen molar-refractivity contribution in [3.05, 3.63) is 40.9 Å². The lowest BCUT2D eigenvalue weighted by Gasteiger charge is -2.17. The summed E-state index contributed by atoms with van der Waals surface area (Å²) in [5.74, 6) is -1.09. The SMILES string of the molecule is CCCC[NH+](CC)Cc1cccc(-c2nc(CC(=O)[O-])cs2)c1. The Hall–Kier alpha value is -1.72. The van der Waals surface area contributed by atoms with Gasteiger partial charge in [-0.1, -0.05) is 31.5 Å². The van der Waals surface area contributed by atoms with E-state index in [2.05, 4.69) is 37.0 Å². The highest BCUT2D eigenvalue weighted by molar-refractivity contribution is 7.13. The normalized spacial score (nSPS) is 12.3. The molecule has 23 heavy (non-hydrogen) atoms. The van der Waals surface area contributed by atoms with Crippen molar-refractivity contribution in [1.29, 1.82) is 0 Å². The number of carboxylic acids is 1. The van der Waals surface area contributed by atoms with Crippen molar-refractivity contribution in [2.45, 2.75) is 39.7 Å². The van der Waals surface area contributed by atoms with Crippen molar-refractivity contribution < 1.29 is 14.8 Å². The molecular weight excluding hydrogens is 308 g/mol. The number of unbranched alkanes of at least 4 members (excludes halogenated alkanes) is 1. The number of aromatic nitrogens is 1. The van der Waals surface area contributed by atoms with Crippen LogP contribution in [0.1, 0.15) is 37.9 Å². The third kappa shape index (κ3) is 5.44. The smallest absolute Gasteiger partial charge is 0.123 e. The van der Waals surface area contributed by atoms with Gasteiger partial charge in [0.2, 0.25) is 0 Å². The van der Waals surface area contributed by atoms with Crippen molar-refractivity contribution in [3.8, 4) is 10.6 Å². The molecule has 5 heteroatoms. The topological polar surface area (TPSA) is 57.5 Å². The minimum atomic E-state index is -1.09. The van der Waals surface area contributed by atoms with Crippen molar-refractivity contribution in [1.82, 2.24) is 4.98 Å². The third-order valence-corrected chi connectivity index (χ3v) is 4.83. The van der Waals surface area contributed by atoms with Gasteiger partial charge in [0.05, 0.1) is 18.8 Å². The second-order valence-electron chi connectivity index (χ2n) is 5.78. The summed E-state index contributed by atoms with van der Waals surface area (Å²) < 4.78 is 0. The lowest BCUT2D eigenvalue weighted by atomic mass is 10.1. The average molecular weight is 332 g/mol. The van der Waals surface area contributed by atoms with Crippen LogP contribution < -0.4 is 10.0 Å². The Balaban J connectivity index is 2.09. The van der Waals surface area contributed by atoms with Crippen molar-refractivity contribution in [2.75, 3.05) is 13.1 Å². The first-order valence-electron chi connectivity index (χ1n) is 8.19. The summed E-state index contributed by atoms with van der Waals surface area (Å²) in [6.45, 7) is 7.78. The molecule has 0 bridgehead atoms. The minimum Gasteiger partial charge on any atom is -0.550 e. The summed E-state index contributed by atoms with van der Waals surface area (Å²) in [4.78, 5) is 16.6. The molecule has 0 radical (unpaired) electrons. The van der Waals surface area contributed by atoms with E-state index in [9.17, 15) is 9.90 Å². The van der Waals surface area contributed by atoms with Crippen LogP contribution in [-0.4, -0.2) is 24.0 Å². The molecule has 1 atom stereocenters. The van der Waals surface area contributed by atoms with E-state index in [4.69, 9.17) is 0 Å². The first-order valence-corrected chi connectivity index (χ1v) is 9.07. The van der Waals surface area contributed by atoms with Gasteiger partial charge in [-0.3, -0.25) is 0 Å². The molecule has 2 rings (SSSR count). The average Bonchev–Trinajstić information content (AvgIpc) is 2.99. The molecule has 1 aromatic heterocycles. The highest BCUT2D eigenvalue weighted by Crippen LogP contribution is 2.24. The van der Waals surface area contributed by atoms with Crippen molar-refractivity contribution >= 4 is 17.3 Å². The van der Waals surface area contributed by atoms with Gasteiger partial charge in [0, 0.05) is 28.9 Å². The van der Waals surface area contributed by atoms with E-state index in [-0.39, 0.29) is 6.42 Å². The van der Waals surface area contributed by atoms with Crippen molar-refractivity contribution in [2.24, 2.45) is 0 Å². The Kier molecular flexibility index (Phi) is 6.74. The van der Waals surface area contributed by atoms with E-state index in [0.29, 0.717) is 5.69 Å². The predicted molar refractivity (Wildman–Crippen MR) is 91.2 cm³/mol. The van der Waals surface area contributed by atoms with Gasteiger partial charge in [0.25, 0.3) is 0 Å². The number of carbonyl (C=O) groups excluding carboxylic acids is 1. The molecule has 0 aliphatic heterocycles. The van der Waals surface area contributed by atoms with Gasteiger partial charge in [-0.05, 0) is 19.4 Å². The van der Waals surface area contributed by atoms with E-state index in [1.807, 2.05) is 6.07 Å². The number of aliphatic carboxylic acids is 1. The van der Waals surface area contributed by atoms with Crippen LogP contribution >= 0.6 is 11.3 Å². The largest absolute Gasteiger partial charge is 0.550 e. The number of hydrogen-bond acceptors (Lipinski definition) is 4. The minimum absolute atomic E-state index is 0.124. The molecule has 1 heterocycles. The number of nitrogens with zero attached hydrogens (tertiary/aromatic N) is 1. The number of thiazole rings is 1. The number of benzene rings is 1. The van der Waals surface area contributed by atoms with Gasteiger partial charge in [0.15, 0.2) is 0 Å². The van der Waals surface area contributed by atoms with Gasteiger partial charge < -0.3 is 14.8 Å². The van der Waals surface area contributed by atoms with Crippen LogP contribution in [-0.2, 0) is 17.8 Å². The second kappa shape index (κ2) is 8.79. The zero-order valence-corrected chi connectivity index (χ0v) is 14.6. The van der Waals surface area contributed by atoms with Crippen LogP contribution in [0, 0.1) is 0 Å². The number of hydrogen-bond donors (Lipinski definition) is 1. The molecule has 0 aliphatic rings. The van der Waals surface area contributed by atoms with Crippen LogP contribution in [0.5, 0.6) is 0 Å². The first kappa shape index (κ1) is 17.6. The monoisotopic (exact) mass is 332 g/mol. The van der Waals surface area contributed by atoms with E-state index in [1.54, 1.807) is 10.3 Å². The van der Waals surface area contributed by atoms with Crippen LogP contribution in [0.2, 0.25) is 0 Å². The molecule has 2 aromatic rings. The van der Waals surface area contributed by atoms with Gasteiger partial charge in [-0.2, -0.15) is 0 Å². The van der Waals surface area contributed by atoms with Gasteiger partial charge in [-0.15, -0.1) is 11.3 Å². The number of carboxylic acid groups (broad SMARTS) is 1. The fraction of sp³-hybridized carbons (Fsp3) is 0.444. The molecule has 1 unspecified atom stereocenters.